The minimum atomic E-state index is -0.923. The molecule has 30 heavy (non-hydrogen) atoms. The standard InChI is InChI=1S/C22H32FN5O2/c1-3-17(27-18-5-4-10-30-13-18)8-9-25-22-19(21(24)26-14(2)29)11-15-6-7-16(23)12-20(15)28-22/h6-7,11-12,14,17-18,27,29H,3-5,8-10,13H2,1-2H3,(H2,24,26)(H,25,28). The van der Waals surface area contributed by atoms with E-state index in [1.165, 1.54) is 19.1 Å². The smallest absolute Gasteiger partial charge is 0.144 e. The highest BCUT2D eigenvalue weighted by Gasteiger charge is 2.18. The van der Waals surface area contributed by atoms with E-state index in [1.807, 2.05) is 6.07 Å². The molecule has 3 atom stereocenters. The molecule has 0 bridgehead atoms. The summed E-state index contributed by atoms with van der Waals surface area (Å²) in [5.41, 5.74) is 7.24. The van der Waals surface area contributed by atoms with Gasteiger partial charge in [-0.15, -0.1) is 0 Å². The lowest BCUT2D eigenvalue weighted by molar-refractivity contribution is 0.0658. The zero-order chi connectivity index (χ0) is 21.5. The number of hydrogen-bond donors (Lipinski definition) is 4. The molecular formula is C22H32FN5O2. The van der Waals surface area contributed by atoms with Crippen LogP contribution in [0.5, 0.6) is 0 Å². The van der Waals surface area contributed by atoms with Crippen LogP contribution in [0.25, 0.3) is 10.9 Å². The predicted octanol–water partition coefficient (Wildman–Crippen LogP) is 2.77. The molecule has 5 N–H and O–H groups in total. The van der Waals surface area contributed by atoms with E-state index in [4.69, 9.17) is 10.5 Å². The summed E-state index contributed by atoms with van der Waals surface area (Å²) in [6, 6.07) is 7.01. The summed E-state index contributed by atoms with van der Waals surface area (Å²) in [5, 5.41) is 17.4. The summed E-state index contributed by atoms with van der Waals surface area (Å²) in [7, 11) is 0. The molecule has 2 heterocycles. The zero-order valence-corrected chi connectivity index (χ0v) is 17.7. The number of nitrogens with two attached hydrogens (primary N) is 1. The minimum absolute atomic E-state index is 0.191. The van der Waals surface area contributed by atoms with E-state index in [0.717, 1.165) is 44.3 Å². The van der Waals surface area contributed by atoms with Gasteiger partial charge in [-0.1, -0.05) is 6.92 Å². The van der Waals surface area contributed by atoms with E-state index in [1.54, 1.807) is 6.07 Å². The van der Waals surface area contributed by atoms with Gasteiger partial charge in [0.1, 0.15) is 23.7 Å². The monoisotopic (exact) mass is 417 g/mol. The van der Waals surface area contributed by atoms with Gasteiger partial charge in [0, 0.05) is 36.7 Å². The lowest BCUT2D eigenvalue weighted by atomic mass is 10.1. The molecule has 0 amide bonds. The van der Waals surface area contributed by atoms with Crippen LogP contribution in [-0.2, 0) is 4.74 Å². The van der Waals surface area contributed by atoms with Gasteiger partial charge in [-0.05, 0) is 50.8 Å². The largest absolute Gasteiger partial charge is 0.383 e. The first-order valence-corrected chi connectivity index (χ1v) is 10.7. The van der Waals surface area contributed by atoms with Crippen molar-refractivity contribution < 1.29 is 14.2 Å². The van der Waals surface area contributed by atoms with Crippen molar-refractivity contribution in [3.05, 3.63) is 35.6 Å². The molecule has 3 rings (SSSR count). The maximum atomic E-state index is 13.7. The lowest BCUT2D eigenvalue weighted by Gasteiger charge is -2.28. The van der Waals surface area contributed by atoms with Crippen molar-refractivity contribution in [3.8, 4) is 0 Å². The Kier molecular flexibility index (Phi) is 7.95. The number of halogens is 1. The second-order valence-electron chi connectivity index (χ2n) is 7.77. The van der Waals surface area contributed by atoms with E-state index in [9.17, 15) is 9.50 Å². The average molecular weight is 418 g/mol. The summed E-state index contributed by atoms with van der Waals surface area (Å²) < 4.78 is 19.2. The van der Waals surface area contributed by atoms with E-state index < -0.39 is 6.23 Å². The van der Waals surface area contributed by atoms with Gasteiger partial charge in [-0.3, -0.25) is 0 Å². The molecule has 7 nitrogen and oxygen atoms in total. The number of rotatable bonds is 9. The number of fused-ring (bicyclic) bond motifs is 1. The zero-order valence-electron chi connectivity index (χ0n) is 17.7. The average Bonchev–Trinajstić information content (AvgIpc) is 2.72. The molecule has 2 aromatic rings. The molecule has 3 unspecified atom stereocenters. The van der Waals surface area contributed by atoms with Crippen LogP contribution in [0.1, 0.15) is 45.1 Å². The van der Waals surface area contributed by atoms with Crippen molar-refractivity contribution in [2.45, 2.75) is 57.8 Å². The quantitative estimate of drug-likeness (QED) is 0.369. The predicted molar refractivity (Wildman–Crippen MR) is 118 cm³/mol. The van der Waals surface area contributed by atoms with Crippen LogP contribution in [0.4, 0.5) is 10.2 Å². The minimum Gasteiger partial charge on any atom is -0.383 e. The molecule has 0 radical (unpaired) electrons. The fourth-order valence-corrected chi connectivity index (χ4v) is 3.72. The third-order valence-corrected chi connectivity index (χ3v) is 5.29. The van der Waals surface area contributed by atoms with E-state index >= 15 is 0 Å². The van der Waals surface area contributed by atoms with Crippen LogP contribution in [0, 0.1) is 5.82 Å². The second-order valence-corrected chi connectivity index (χ2v) is 7.77. The SMILES string of the molecule is CCC(CCNc1nc2cc(F)ccc2cc1C(N)=NC(C)O)NC1CCCOC1. The molecule has 1 aliphatic rings. The van der Waals surface area contributed by atoms with Crippen LogP contribution in [0.3, 0.4) is 0 Å². The number of aliphatic imine (C=N–C) groups is 1. The molecule has 0 spiro atoms. The maximum Gasteiger partial charge on any atom is 0.144 e. The fourth-order valence-electron chi connectivity index (χ4n) is 3.72. The summed E-state index contributed by atoms with van der Waals surface area (Å²) >= 11 is 0. The Bertz CT molecular complexity index is 868. The molecule has 164 valence electrons. The van der Waals surface area contributed by atoms with Crippen LogP contribution in [0.2, 0.25) is 0 Å². The van der Waals surface area contributed by atoms with Gasteiger partial charge in [-0.25, -0.2) is 14.4 Å². The lowest BCUT2D eigenvalue weighted by Crippen LogP contribution is -2.43. The van der Waals surface area contributed by atoms with Gasteiger partial charge in [0.15, 0.2) is 0 Å². The van der Waals surface area contributed by atoms with Gasteiger partial charge >= 0.3 is 0 Å². The third kappa shape index (κ3) is 6.10. The maximum absolute atomic E-state index is 13.7. The number of aromatic nitrogens is 1. The molecule has 0 aliphatic carbocycles. The Morgan fingerprint density at radius 2 is 2.27 bits per heavy atom. The Morgan fingerprint density at radius 1 is 1.43 bits per heavy atom. The van der Waals surface area contributed by atoms with Gasteiger partial charge in [0.25, 0.3) is 0 Å². The molecule has 0 saturated carbocycles. The van der Waals surface area contributed by atoms with E-state index in [-0.39, 0.29) is 11.7 Å². The number of aliphatic hydroxyl groups is 1. The fraction of sp³-hybridized carbons (Fsp3) is 0.545. The number of pyridine rings is 1. The van der Waals surface area contributed by atoms with Crippen molar-refractivity contribution in [1.82, 2.24) is 10.3 Å². The van der Waals surface area contributed by atoms with Crippen molar-refractivity contribution in [1.29, 1.82) is 0 Å². The number of nitrogens with zero attached hydrogens (tertiary/aromatic N) is 2. The molecule has 1 saturated heterocycles. The number of hydrogen-bond acceptors (Lipinski definition) is 6. The highest BCUT2D eigenvalue weighted by molar-refractivity contribution is 6.04. The number of benzene rings is 1. The Morgan fingerprint density at radius 3 is 2.97 bits per heavy atom. The third-order valence-electron chi connectivity index (χ3n) is 5.29. The summed E-state index contributed by atoms with van der Waals surface area (Å²) in [6.07, 6.45) is 3.21. The molecular weight excluding hydrogens is 385 g/mol. The molecule has 1 fully saturated rings. The first kappa shape index (κ1) is 22.4. The van der Waals surface area contributed by atoms with Crippen LogP contribution in [-0.4, -0.2) is 54.0 Å². The van der Waals surface area contributed by atoms with Crippen LogP contribution in [0.15, 0.2) is 29.3 Å². The van der Waals surface area contributed by atoms with E-state index in [0.29, 0.717) is 35.5 Å². The Hall–Kier alpha value is -2.29. The molecule has 1 aliphatic heterocycles. The highest BCUT2D eigenvalue weighted by Crippen LogP contribution is 2.22. The van der Waals surface area contributed by atoms with Gasteiger partial charge < -0.3 is 26.2 Å². The van der Waals surface area contributed by atoms with Gasteiger partial charge in [0.05, 0.1) is 17.7 Å². The number of amidine groups is 1. The molecule has 8 heteroatoms. The Labute approximate surface area is 176 Å². The van der Waals surface area contributed by atoms with Crippen molar-refractivity contribution in [2.24, 2.45) is 10.7 Å². The summed E-state index contributed by atoms with van der Waals surface area (Å²) in [5.74, 6) is 0.380. The number of ether oxygens (including phenoxy) is 1. The van der Waals surface area contributed by atoms with Crippen molar-refractivity contribution in [3.63, 3.8) is 0 Å². The summed E-state index contributed by atoms with van der Waals surface area (Å²) in [4.78, 5) is 8.61. The molecule has 1 aromatic carbocycles. The number of nitrogens with one attached hydrogen (secondary N) is 2. The number of anilines is 1. The summed E-state index contributed by atoms with van der Waals surface area (Å²) in [6.45, 7) is 5.98. The first-order chi connectivity index (χ1) is 14.5. The number of aliphatic hydroxyl groups excluding tert-OH is 1. The Balaban J connectivity index is 1.74. The van der Waals surface area contributed by atoms with Gasteiger partial charge in [-0.2, -0.15) is 0 Å². The van der Waals surface area contributed by atoms with Crippen LogP contribution < -0.4 is 16.4 Å². The molecule has 1 aromatic heterocycles. The topological polar surface area (TPSA) is 105 Å². The first-order valence-electron chi connectivity index (χ1n) is 10.7. The van der Waals surface area contributed by atoms with Gasteiger partial charge in [0.2, 0.25) is 0 Å². The van der Waals surface area contributed by atoms with Crippen LogP contribution >= 0.6 is 0 Å². The second kappa shape index (κ2) is 10.7. The highest BCUT2D eigenvalue weighted by atomic mass is 19.1. The van der Waals surface area contributed by atoms with E-state index in [2.05, 4.69) is 27.5 Å². The van der Waals surface area contributed by atoms with Crippen molar-refractivity contribution >= 4 is 22.6 Å². The van der Waals surface area contributed by atoms with Crippen molar-refractivity contribution in [2.75, 3.05) is 25.1 Å². The normalized spacial score (nSPS) is 19.6.